The Kier molecular flexibility index (Phi) is 3.75. The van der Waals surface area contributed by atoms with Crippen LogP contribution in [0.3, 0.4) is 0 Å². The second-order valence-electron chi connectivity index (χ2n) is 4.26. The highest BCUT2D eigenvalue weighted by atomic mass is 32.2. The van der Waals surface area contributed by atoms with E-state index >= 15 is 0 Å². The van der Waals surface area contributed by atoms with Gasteiger partial charge in [0.05, 0.1) is 6.20 Å². The van der Waals surface area contributed by atoms with Crippen molar-refractivity contribution < 1.29 is 8.42 Å². The molecule has 1 aromatic heterocycles. The normalized spacial score (nSPS) is 21.6. The zero-order valence-electron chi connectivity index (χ0n) is 9.76. The standard InChI is InChI=1S/C9H17N5O2S/c1-14-9(7-11-13-14)17(15,16)12-6-8-3-2-4-10-5-8/h7-8,10,12H,2-6H2,1H3. The second kappa shape index (κ2) is 5.11. The Morgan fingerprint density at radius 1 is 1.65 bits per heavy atom. The molecule has 0 amide bonds. The maximum atomic E-state index is 11.9. The minimum absolute atomic E-state index is 0.0984. The summed E-state index contributed by atoms with van der Waals surface area (Å²) in [4.78, 5) is 0. The molecule has 1 saturated heterocycles. The maximum Gasteiger partial charge on any atom is 0.259 e. The lowest BCUT2D eigenvalue weighted by Gasteiger charge is -2.22. The van der Waals surface area contributed by atoms with Crippen LogP contribution in [0.25, 0.3) is 0 Å². The van der Waals surface area contributed by atoms with Crippen molar-refractivity contribution in [2.24, 2.45) is 13.0 Å². The number of aryl methyl sites for hydroxylation is 1. The third-order valence-electron chi connectivity index (χ3n) is 2.91. The largest absolute Gasteiger partial charge is 0.316 e. The minimum atomic E-state index is -3.49. The Hall–Kier alpha value is -0.990. The summed E-state index contributed by atoms with van der Waals surface area (Å²) in [6, 6.07) is 0. The number of sulfonamides is 1. The van der Waals surface area contributed by atoms with Gasteiger partial charge < -0.3 is 5.32 Å². The van der Waals surface area contributed by atoms with E-state index in [0.717, 1.165) is 25.9 Å². The molecular weight excluding hydrogens is 242 g/mol. The van der Waals surface area contributed by atoms with Gasteiger partial charge in [0.2, 0.25) is 0 Å². The topological polar surface area (TPSA) is 88.9 Å². The minimum Gasteiger partial charge on any atom is -0.316 e. The monoisotopic (exact) mass is 259 g/mol. The summed E-state index contributed by atoms with van der Waals surface area (Å²) in [7, 11) is -1.93. The van der Waals surface area contributed by atoms with Gasteiger partial charge in [-0.3, -0.25) is 0 Å². The first-order chi connectivity index (χ1) is 8.09. The number of hydrogen-bond acceptors (Lipinski definition) is 5. The van der Waals surface area contributed by atoms with E-state index in [1.165, 1.54) is 10.9 Å². The number of piperidine rings is 1. The molecule has 1 fully saturated rings. The van der Waals surface area contributed by atoms with Crippen LogP contribution < -0.4 is 10.0 Å². The molecule has 8 heteroatoms. The van der Waals surface area contributed by atoms with Gasteiger partial charge in [-0.15, -0.1) is 5.10 Å². The highest BCUT2D eigenvalue weighted by molar-refractivity contribution is 7.89. The molecule has 1 aromatic rings. The molecule has 0 bridgehead atoms. The van der Waals surface area contributed by atoms with E-state index in [2.05, 4.69) is 20.4 Å². The maximum absolute atomic E-state index is 11.9. The Labute approximate surface area is 101 Å². The molecule has 2 heterocycles. The molecule has 17 heavy (non-hydrogen) atoms. The molecule has 1 aliphatic heterocycles. The van der Waals surface area contributed by atoms with Gasteiger partial charge in [-0.25, -0.2) is 17.8 Å². The van der Waals surface area contributed by atoms with Crippen molar-refractivity contribution in [1.82, 2.24) is 25.0 Å². The third kappa shape index (κ3) is 3.02. The van der Waals surface area contributed by atoms with Crippen LogP contribution in [0.4, 0.5) is 0 Å². The molecule has 0 radical (unpaired) electrons. The number of aromatic nitrogens is 3. The van der Waals surface area contributed by atoms with E-state index in [9.17, 15) is 8.42 Å². The van der Waals surface area contributed by atoms with Gasteiger partial charge in [0, 0.05) is 13.6 Å². The highest BCUT2D eigenvalue weighted by Crippen LogP contribution is 2.10. The van der Waals surface area contributed by atoms with Crippen LogP contribution >= 0.6 is 0 Å². The summed E-state index contributed by atoms with van der Waals surface area (Å²) in [5.74, 6) is 0.361. The highest BCUT2D eigenvalue weighted by Gasteiger charge is 2.21. The van der Waals surface area contributed by atoms with Gasteiger partial charge in [0.1, 0.15) is 0 Å². The summed E-state index contributed by atoms with van der Waals surface area (Å²) < 4.78 is 27.7. The van der Waals surface area contributed by atoms with Crippen LogP contribution in [-0.4, -0.2) is 43.0 Å². The van der Waals surface area contributed by atoms with Crippen molar-refractivity contribution in [2.45, 2.75) is 17.9 Å². The van der Waals surface area contributed by atoms with E-state index in [4.69, 9.17) is 0 Å². The Morgan fingerprint density at radius 2 is 2.47 bits per heavy atom. The molecule has 0 spiro atoms. The van der Waals surface area contributed by atoms with Crippen molar-refractivity contribution in [1.29, 1.82) is 0 Å². The molecule has 1 unspecified atom stereocenters. The summed E-state index contributed by atoms with van der Waals surface area (Å²) >= 11 is 0. The fourth-order valence-electron chi connectivity index (χ4n) is 1.92. The summed E-state index contributed by atoms with van der Waals surface area (Å²) in [5.41, 5.74) is 0. The Bertz CT molecular complexity index is 463. The van der Waals surface area contributed by atoms with Crippen molar-refractivity contribution >= 4 is 10.0 Å². The Morgan fingerprint density at radius 3 is 3.06 bits per heavy atom. The molecule has 0 aliphatic carbocycles. The van der Waals surface area contributed by atoms with Crippen molar-refractivity contribution in [3.05, 3.63) is 6.20 Å². The van der Waals surface area contributed by atoms with Crippen LogP contribution in [-0.2, 0) is 17.1 Å². The van der Waals surface area contributed by atoms with Crippen LogP contribution in [0.2, 0.25) is 0 Å². The first-order valence-electron chi connectivity index (χ1n) is 5.64. The molecule has 96 valence electrons. The van der Waals surface area contributed by atoms with Gasteiger partial charge in [-0.1, -0.05) is 5.21 Å². The molecule has 0 saturated carbocycles. The lowest BCUT2D eigenvalue weighted by atomic mass is 10.0. The quantitative estimate of drug-likeness (QED) is 0.731. The van der Waals surface area contributed by atoms with Crippen molar-refractivity contribution in [3.8, 4) is 0 Å². The summed E-state index contributed by atoms with van der Waals surface area (Å²) in [6.45, 7) is 2.35. The predicted octanol–water partition coefficient (Wildman–Crippen LogP) is -0.907. The predicted molar refractivity (Wildman–Crippen MR) is 61.8 cm³/mol. The van der Waals surface area contributed by atoms with Gasteiger partial charge in [0.25, 0.3) is 10.0 Å². The molecule has 2 rings (SSSR count). The van der Waals surface area contributed by atoms with Crippen LogP contribution in [0.15, 0.2) is 11.2 Å². The lowest BCUT2D eigenvalue weighted by Crippen LogP contribution is -2.38. The first-order valence-corrected chi connectivity index (χ1v) is 7.13. The fraction of sp³-hybridized carbons (Fsp3) is 0.778. The second-order valence-corrected chi connectivity index (χ2v) is 5.97. The first kappa shape index (κ1) is 12.5. The van der Waals surface area contributed by atoms with Crippen molar-refractivity contribution in [2.75, 3.05) is 19.6 Å². The van der Waals surface area contributed by atoms with Crippen molar-refractivity contribution in [3.63, 3.8) is 0 Å². The zero-order valence-corrected chi connectivity index (χ0v) is 10.6. The van der Waals surface area contributed by atoms with Crippen LogP contribution in [0, 0.1) is 5.92 Å². The summed E-state index contributed by atoms with van der Waals surface area (Å²) in [5, 5.41) is 10.5. The molecule has 7 nitrogen and oxygen atoms in total. The lowest BCUT2D eigenvalue weighted by molar-refractivity contribution is 0.375. The van der Waals surface area contributed by atoms with E-state index in [1.54, 1.807) is 7.05 Å². The van der Waals surface area contributed by atoms with E-state index in [1.807, 2.05) is 0 Å². The zero-order chi connectivity index (χ0) is 12.3. The molecule has 1 aliphatic rings. The van der Waals surface area contributed by atoms with Crippen LogP contribution in [0.5, 0.6) is 0 Å². The number of hydrogen-bond donors (Lipinski definition) is 2. The fourth-order valence-corrected chi connectivity index (χ4v) is 3.10. The van der Waals surface area contributed by atoms with Gasteiger partial charge in [-0.2, -0.15) is 0 Å². The van der Waals surface area contributed by atoms with Gasteiger partial charge in [0.15, 0.2) is 5.03 Å². The SMILES string of the molecule is Cn1nncc1S(=O)(=O)NCC1CCCNC1. The van der Waals surface area contributed by atoms with Gasteiger partial charge >= 0.3 is 0 Å². The average Bonchev–Trinajstić information content (AvgIpc) is 2.75. The van der Waals surface area contributed by atoms with E-state index in [-0.39, 0.29) is 5.03 Å². The number of nitrogens with one attached hydrogen (secondary N) is 2. The van der Waals surface area contributed by atoms with Gasteiger partial charge in [-0.05, 0) is 31.8 Å². The molecule has 2 N–H and O–H groups in total. The molecule has 1 atom stereocenters. The van der Waals surface area contributed by atoms with E-state index in [0.29, 0.717) is 12.5 Å². The average molecular weight is 259 g/mol. The number of nitrogens with zero attached hydrogens (tertiary/aromatic N) is 3. The number of rotatable bonds is 4. The summed E-state index contributed by atoms with van der Waals surface area (Å²) in [6.07, 6.45) is 3.40. The smallest absolute Gasteiger partial charge is 0.259 e. The van der Waals surface area contributed by atoms with E-state index < -0.39 is 10.0 Å². The third-order valence-corrected chi connectivity index (χ3v) is 4.38. The Balaban J connectivity index is 1.96. The molecule has 0 aromatic carbocycles. The van der Waals surface area contributed by atoms with Crippen LogP contribution in [0.1, 0.15) is 12.8 Å². The molecular formula is C9H17N5O2S.